The summed E-state index contributed by atoms with van der Waals surface area (Å²) in [6, 6.07) is 12.6. The molecule has 0 atom stereocenters. The van der Waals surface area contributed by atoms with Crippen molar-refractivity contribution in [2.24, 2.45) is 11.8 Å². The number of pyridine rings is 1. The molecule has 1 amide bonds. The third kappa shape index (κ3) is 5.07. The Bertz CT molecular complexity index is 706. The molecule has 0 saturated carbocycles. The first-order valence-electron chi connectivity index (χ1n) is 9.64. The van der Waals surface area contributed by atoms with Gasteiger partial charge in [-0.1, -0.05) is 44.2 Å². The van der Waals surface area contributed by atoms with Gasteiger partial charge in [0.25, 0.3) is 5.91 Å². The van der Waals surface area contributed by atoms with Gasteiger partial charge >= 0.3 is 0 Å². The molecule has 0 unspecified atom stereocenters. The topological polar surface area (TPSA) is 45.2 Å². The minimum Gasteiger partial charge on any atom is -0.384 e. The molecule has 0 aliphatic carbocycles. The molecular formula is C22H29N3O. The van der Waals surface area contributed by atoms with Gasteiger partial charge in [0.05, 0.1) is 11.3 Å². The Morgan fingerprint density at radius 3 is 2.62 bits per heavy atom. The number of hydrogen-bond donors (Lipinski definition) is 1. The van der Waals surface area contributed by atoms with Crippen molar-refractivity contribution in [3.63, 3.8) is 0 Å². The number of rotatable bonds is 6. The van der Waals surface area contributed by atoms with Gasteiger partial charge in [-0.25, -0.2) is 0 Å². The summed E-state index contributed by atoms with van der Waals surface area (Å²) in [5, 5.41) is 3.34. The Morgan fingerprint density at radius 2 is 1.92 bits per heavy atom. The predicted molar refractivity (Wildman–Crippen MR) is 106 cm³/mol. The highest BCUT2D eigenvalue weighted by molar-refractivity contribution is 5.94. The molecule has 3 rings (SSSR count). The Hall–Kier alpha value is -2.36. The van der Waals surface area contributed by atoms with Crippen molar-refractivity contribution in [3.05, 3.63) is 59.9 Å². The van der Waals surface area contributed by atoms with Gasteiger partial charge in [-0.2, -0.15) is 0 Å². The molecule has 0 radical (unpaired) electrons. The number of hydrogen-bond acceptors (Lipinski definition) is 3. The highest BCUT2D eigenvalue weighted by atomic mass is 16.2. The molecular weight excluding hydrogens is 322 g/mol. The molecule has 4 nitrogen and oxygen atoms in total. The second kappa shape index (κ2) is 8.84. The van der Waals surface area contributed by atoms with Gasteiger partial charge < -0.3 is 10.2 Å². The monoisotopic (exact) mass is 351 g/mol. The van der Waals surface area contributed by atoms with Crippen LogP contribution in [0.5, 0.6) is 0 Å². The Labute approximate surface area is 156 Å². The quantitative estimate of drug-likeness (QED) is 0.846. The first-order valence-corrected chi connectivity index (χ1v) is 9.64. The third-order valence-electron chi connectivity index (χ3n) is 4.97. The lowest BCUT2D eigenvalue weighted by Gasteiger charge is -2.32. The van der Waals surface area contributed by atoms with Gasteiger partial charge in [0.2, 0.25) is 0 Å². The van der Waals surface area contributed by atoms with Gasteiger partial charge in [-0.15, -0.1) is 0 Å². The normalized spacial score (nSPS) is 15.3. The van der Waals surface area contributed by atoms with Crippen LogP contribution in [-0.4, -0.2) is 35.4 Å². The van der Waals surface area contributed by atoms with E-state index in [2.05, 4.69) is 54.5 Å². The minimum atomic E-state index is 0.101. The predicted octanol–water partition coefficient (Wildman–Crippen LogP) is 4.24. The van der Waals surface area contributed by atoms with E-state index in [-0.39, 0.29) is 5.91 Å². The van der Waals surface area contributed by atoms with E-state index in [1.807, 2.05) is 11.0 Å². The van der Waals surface area contributed by atoms with Crippen molar-refractivity contribution >= 4 is 11.6 Å². The number of aromatic nitrogens is 1. The highest BCUT2D eigenvalue weighted by Crippen LogP contribution is 2.23. The van der Waals surface area contributed by atoms with Crippen LogP contribution in [0.25, 0.3) is 0 Å². The molecule has 0 spiro atoms. The number of benzene rings is 1. The van der Waals surface area contributed by atoms with Crippen molar-refractivity contribution in [1.29, 1.82) is 0 Å². The van der Waals surface area contributed by atoms with Crippen LogP contribution in [0, 0.1) is 11.8 Å². The fraction of sp³-hybridized carbons (Fsp3) is 0.455. The van der Waals surface area contributed by atoms with Gasteiger partial charge in [-0.05, 0) is 42.7 Å². The summed E-state index contributed by atoms with van der Waals surface area (Å²) in [7, 11) is 0. The van der Waals surface area contributed by atoms with E-state index in [1.165, 1.54) is 5.56 Å². The third-order valence-corrected chi connectivity index (χ3v) is 4.97. The molecule has 26 heavy (non-hydrogen) atoms. The Morgan fingerprint density at radius 1 is 1.19 bits per heavy atom. The molecule has 1 aromatic heterocycles. The van der Waals surface area contributed by atoms with Crippen LogP contribution in [0.2, 0.25) is 0 Å². The zero-order chi connectivity index (χ0) is 18.4. The first-order chi connectivity index (χ1) is 12.6. The number of carbonyl (C=O) groups is 1. The fourth-order valence-electron chi connectivity index (χ4n) is 3.45. The second-order valence-electron chi connectivity index (χ2n) is 7.66. The van der Waals surface area contributed by atoms with Crippen LogP contribution in [0.3, 0.4) is 0 Å². The summed E-state index contributed by atoms with van der Waals surface area (Å²) >= 11 is 0. The maximum Gasteiger partial charge on any atom is 0.255 e. The van der Waals surface area contributed by atoms with E-state index in [9.17, 15) is 4.79 Å². The SMILES string of the molecule is CC(C)CNc1cncc(C(=O)N2CCC(Cc3ccccc3)CC2)c1. The number of amides is 1. The van der Waals surface area contributed by atoms with Crippen LogP contribution in [0.1, 0.15) is 42.6 Å². The average Bonchev–Trinajstić information content (AvgIpc) is 2.67. The van der Waals surface area contributed by atoms with Gasteiger partial charge in [0.15, 0.2) is 0 Å². The van der Waals surface area contributed by atoms with Gasteiger partial charge in [0.1, 0.15) is 0 Å². The Kier molecular flexibility index (Phi) is 6.26. The molecule has 1 aliphatic heterocycles. The summed E-state index contributed by atoms with van der Waals surface area (Å²) in [6.07, 6.45) is 6.71. The van der Waals surface area contributed by atoms with Crippen LogP contribution in [0.4, 0.5) is 5.69 Å². The van der Waals surface area contributed by atoms with Crippen LogP contribution < -0.4 is 5.32 Å². The maximum atomic E-state index is 12.8. The highest BCUT2D eigenvalue weighted by Gasteiger charge is 2.24. The Balaban J connectivity index is 1.54. The molecule has 2 aromatic rings. The molecule has 1 aliphatic rings. The summed E-state index contributed by atoms with van der Waals surface area (Å²) in [6.45, 7) is 6.87. The molecule has 1 aromatic carbocycles. The van der Waals surface area contributed by atoms with Crippen molar-refractivity contribution in [2.75, 3.05) is 25.0 Å². The molecule has 1 N–H and O–H groups in total. The fourth-order valence-corrected chi connectivity index (χ4v) is 3.45. The van der Waals surface area contributed by atoms with E-state index < -0.39 is 0 Å². The molecule has 1 fully saturated rings. The number of carbonyl (C=O) groups excluding carboxylic acids is 1. The molecule has 0 bridgehead atoms. The van der Waals surface area contributed by atoms with Crippen molar-refractivity contribution in [2.45, 2.75) is 33.1 Å². The summed E-state index contributed by atoms with van der Waals surface area (Å²) in [5.41, 5.74) is 2.99. The van der Waals surface area contributed by atoms with Crippen molar-refractivity contribution in [1.82, 2.24) is 9.88 Å². The van der Waals surface area contributed by atoms with E-state index in [4.69, 9.17) is 0 Å². The van der Waals surface area contributed by atoms with Crippen LogP contribution in [-0.2, 0) is 6.42 Å². The standard InChI is InChI=1S/C22H29N3O/c1-17(2)14-24-21-13-20(15-23-16-21)22(26)25-10-8-19(9-11-25)12-18-6-4-3-5-7-18/h3-7,13,15-17,19,24H,8-12,14H2,1-2H3. The van der Waals surface area contributed by atoms with E-state index in [0.717, 1.165) is 44.6 Å². The number of piperidine rings is 1. The second-order valence-corrected chi connectivity index (χ2v) is 7.66. The van der Waals surface area contributed by atoms with E-state index in [0.29, 0.717) is 17.4 Å². The van der Waals surface area contributed by atoms with E-state index >= 15 is 0 Å². The van der Waals surface area contributed by atoms with Gasteiger partial charge in [-0.3, -0.25) is 9.78 Å². The minimum absolute atomic E-state index is 0.101. The molecule has 4 heteroatoms. The lowest BCUT2D eigenvalue weighted by atomic mass is 9.90. The molecule has 2 heterocycles. The van der Waals surface area contributed by atoms with Gasteiger partial charge in [0, 0.05) is 32.0 Å². The van der Waals surface area contributed by atoms with Crippen LogP contribution >= 0.6 is 0 Å². The average molecular weight is 351 g/mol. The number of nitrogens with one attached hydrogen (secondary N) is 1. The summed E-state index contributed by atoms with van der Waals surface area (Å²) in [5.74, 6) is 1.32. The van der Waals surface area contributed by atoms with Crippen LogP contribution in [0.15, 0.2) is 48.8 Å². The van der Waals surface area contributed by atoms with Crippen molar-refractivity contribution < 1.29 is 4.79 Å². The number of nitrogens with zero attached hydrogens (tertiary/aromatic N) is 2. The first kappa shape index (κ1) is 18.4. The maximum absolute atomic E-state index is 12.8. The molecule has 1 saturated heterocycles. The number of likely N-dealkylation sites (tertiary alicyclic amines) is 1. The lowest BCUT2D eigenvalue weighted by Crippen LogP contribution is -2.39. The summed E-state index contributed by atoms with van der Waals surface area (Å²) in [4.78, 5) is 19.0. The summed E-state index contributed by atoms with van der Waals surface area (Å²) < 4.78 is 0. The number of anilines is 1. The largest absolute Gasteiger partial charge is 0.384 e. The smallest absolute Gasteiger partial charge is 0.255 e. The van der Waals surface area contributed by atoms with E-state index in [1.54, 1.807) is 12.4 Å². The lowest BCUT2D eigenvalue weighted by molar-refractivity contribution is 0.0690. The van der Waals surface area contributed by atoms with Crippen molar-refractivity contribution in [3.8, 4) is 0 Å². The zero-order valence-corrected chi connectivity index (χ0v) is 15.8. The molecule has 138 valence electrons. The zero-order valence-electron chi connectivity index (χ0n) is 15.8.